The highest BCUT2D eigenvalue weighted by Crippen LogP contribution is 2.24. The van der Waals surface area contributed by atoms with Gasteiger partial charge in [-0.1, -0.05) is 12.8 Å². The molecule has 0 aromatic rings. The van der Waals surface area contributed by atoms with E-state index in [2.05, 4.69) is 0 Å². The van der Waals surface area contributed by atoms with Crippen LogP contribution in [0.15, 0.2) is 0 Å². The molecule has 0 bridgehead atoms. The Morgan fingerprint density at radius 1 is 1.40 bits per heavy atom. The van der Waals surface area contributed by atoms with Gasteiger partial charge in [-0.2, -0.15) is 0 Å². The molecule has 0 aromatic carbocycles. The molecule has 10 heavy (non-hydrogen) atoms. The molecule has 60 valence electrons. The number of hydrogen-bond acceptors (Lipinski definition) is 1. The van der Waals surface area contributed by atoms with Crippen molar-refractivity contribution >= 4 is 11.1 Å². The highest BCUT2D eigenvalue weighted by Gasteiger charge is 2.28. The van der Waals surface area contributed by atoms with Crippen molar-refractivity contribution in [1.29, 1.82) is 0 Å². The maximum absolute atomic E-state index is 12.7. The van der Waals surface area contributed by atoms with Crippen LogP contribution in [0, 0.1) is 0 Å². The smallest absolute Gasteiger partial charge is 0.158 e. The van der Waals surface area contributed by atoms with E-state index in [1.165, 1.54) is 0 Å². The van der Waals surface area contributed by atoms with E-state index in [9.17, 15) is 8.60 Å². The third kappa shape index (κ3) is 1.76. The summed E-state index contributed by atoms with van der Waals surface area (Å²) in [6.45, 7) is 0. The van der Waals surface area contributed by atoms with Crippen LogP contribution in [0.3, 0.4) is 0 Å². The summed E-state index contributed by atoms with van der Waals surface area (Å²) in [6.07, 6.45) is 1.70. The van der Waals surface area contributed by atoms with E-state index < -0.39 is 22.5 Å². The Morgan fingerprint density at radius 3 is 2.40 bits per heavy atom. The first-order valence-electron chi connectivity index (χ1n) is 3.45. The van der Waals surface area contributed by atoms with Gasteiger partial charge in [-0.05, 0) is 12.8 Å². The zero-order valence-electron chi connectivity index (χ0n) is 5.62. The molecule has 3 unspecified atom stereocenters. The van der Waals surface area contributed by atoms with E-state index in [0.717, 1.165) is 12.8 Å². The van der Waals surface area contributed by atoms with Crippen LogP contribution in [0.2, 0.25) is 0 Å². The summed E-state index contributed by atoms with van der Waals surface area (Å²) in [5, 5.41) is -0.617. The van der Waals surface area contributed by atoms with E-state index in [-0.39, 0.29) is 0 Å². The van der Waals surface area contributed by atoms with Gasteiger partial charge < -0.3 is 4.55 Å². The van der Waals surface area contributed by atoms with Crippen LogP contribution < -0.4 is 0 Å². The second kappa shape index (κ2) is 3.44. The highest BCUT2D eigenvalue weighted by molar-refractivity contribution is 7.79. The van der Waals surface area contributed by atoms with Crippen molar-refractivity contribution in [3.05, 3.63) is 0 Å². The molecule has 1 aliphatic carbocycles. The molecule has 1 fully saturated rings. The lowest BCUT2D eigenvalue weighted by Gasteiger charge is -2.21. The van der Waals surface area contributed by atoms with Crippen molar-refractivity contribution in [3.8, 4) is 0 Å². The summed E-state index contributed by atoms with van der Waals surface area (Å²) in [6, 6.07) is 0. The van der Waals surface area contributed by atoms with Gasteiger partial charge in [-0.15, -0.1) is 0 Å². The lowest BCUT2D eigenvalue weighted by atomic mass is 9.98. The molecule has 0 saturated heterocycles. The van der Waals surface area contributed by atoms with Crippen molar-refractivity contribution < 1.29 is 13.2 Å². The monoisotopic (exact) mass is 166 g/mol. The third-order valence-corrected chi connectivity index (χ3v) is 2.93. The van der Waals surface area contributed by atoms with Crippen LogP contribution in [0.1, 0.15) is 25.7 Å². The zero-order chi connectivity index (χ0) is 7.56. The van der Waals surface area contributed by atoms with Crippen molar-refractivity contribution in [3.63, 3.8) is 0 Å². The number of hydrogen-bond donors (Lipinski definition) is 1. The van der Waals surface area contributed by atoms with Crippen molar-refractivity contribution in [2.45, 2.75) is 37.1 Å². The second-order valence-electron chi connectivity index (χ2n) is 2.62. The predicted octanol–water partition coefficient (Wildman–Crippen LogP) is 1.49. The van der Waals surface area contributed by atoms with E-state index in [1.54, 1.807) is 0 Å². The molecule has 0 heterocycles. The summed E-state index contributed by atoms with van der Waals surface area (Å²) in [7, 11) is 0. The number of rotatable bonds is 1. The molecule has 0 radical (unpaired) electrons. The lowest BCUT2D eigenvalue weighted by molar-refractivity contribution is 0.251. The minimum absolute atomic E-state index is 0.455. The highest BCUT2D eigenvalue weighted by atomic mass is 32.2. The van der Waals surface area contributed by atoms with Crippen LogP contribution in [-0.4, -0.2) is 20.2 Å². The standard InChI is InChI=1S/C6H11FO2S/c7-5-3-1-2-4-6(5)10(8)9/h5-6H,1-4H2,(H,8,9). The summed E-state index contributed by atoms with van der Waals surface area (Å²) in [4.78, 5) is 0. The van der Waals surface area contributed by atoms with Gasteiger partial charge in [-0.25, -0.2) is 8.60 Å². The summed E-state index contributed by atoms with van der Waals surface area (Å²) in [5.74, 6) is 0. The van der Waals surface area contributed by atoms with Gasteiger partial charge in [0.05, 0.1) is 5.25 Å². The Kier molecular flexibility index (Phi) is 2.80. The Hall–Kier alpha value is 0.0400. The number of alkyl halides is 1. The molecule has 1 saturated carbocycles. The molecular formula is C6H11FO2S. The lowest BCUT2D eigenvalue weighted by Crippen LogP contribution is -2.29. The summed E-state index contributed by atoms with van der Waals surface area (Å²) >= 11 is -1.96. The van der Waals surface area contributed by atoms with Crippen molar-refractivity contribution in [2.75, 3.05) is 0 Å². The first-order chi connectivity index (χ1) is 4.72. The Bertz CT molecular complexity index is 140. The molecule has 0 aromatic heterocycles. The molecule has 1 rings (SSSR count). The van der Waals surface area contributed by atoms with E-state index in [1.807, 2.05) is 0 Å². The predicted molar refractivity (Wildman–Crippen MR) is 37.9 cm³/mol. The third-order valence-electron chi connectivity index (χ3n) is 1.88. The Balaban J connectivity index is 2.47. The molecule has 4 heteroatoms. The fourth-order valence-corrected chi connectivity index (χ4v) is 2.04. The van der Waals surface area contributed by atoms with Crippen LogP contribution in [0.5, 0.6) is 0 Å². The van der Waals surface area contributed by atoms with Gasteiger partial charge in [0.1, 0.15) is 6.17 Å². The quantitative estimate of drug-likeness (QED) is 0.599. The first-order valence-corrected chi connectivity index (χ1v) is 4.62. The molecular weight excluding hydrogens is 155 g/mol. The molecule has 3 atom stereocenters. The second-order valence-corrected chi connectivity index (χ2v) is 3.77. The van der Waals surface area contributed by atoms with Gasteiger partial charge in [0.2, 0.25) is 0 Å². The zero-order valence-corrected chi connectivity index (χ0v) is 6.44. The molecule has 0 amide bonds. The van der Waals surface area contributed by atoms with E-state index in [0.29, 0.717) is 12.8 Å². The molecule has 0 aliphatic heterocycles. The molecule has 1 aliphatic rings. The van der Waals surface area contributed by atoms with Crippen molar-refractivity contribution in [2.24, 2.45) is 0 Å². The normalized spacial score (nSPS) is 37.4. The van der Waals surface area contributed by atoms with Gasteiger partial charge >= 0.3 is 0 Å². The van der Waals surface area contributed by atoms with Gasteiger partial charge in [0, 0.05) is 0 Å². The summed E-state index contributed by atoms with van der Waals surface area (Å²) in [5.41, 5.74) is 0. The Morgan fingerprint density at radius 2 is 2.00 bits per heavy atom. The van der Waals surface area contributed by atoms with Crippen LogP contribution in [0.25, 0.3) is 0 Å². The Labute approximate surface area is 62.1 Å². The van der Waals surface area contributed by atoms with Crippen LogP contribution in [0.4, 0.5) is 4.39 Å². The maximum atomic E-state index is 12.7. The minimum Gasteiger partial charge on any atom is -0.306 e. The molecule has 0 spiro atoms. The fraction of sp³-hybridized carbons (Fsp3) is 1.00. The largest absolute Gasteiger partial charge is 0.306 e. The number of halogens is 1. The molecule has 1 N–H and O–H groups in total. The van der Waals surface area contributed by atoms with E-state index >= 15 is 0 Å². The average Bonchev–Trinajstić information content (AvgIpc) is 1.88. The maximum Gasteiger partial charge on any atom is 0.158 e. The minimum atomic E-state index is -1.96. The van der Waals surface area contributed by atoms with Gasteiger partial charge in [0.15, 0.2) is 11.1 Å². The first kappa shape index (κ1) is 8.14. The molecule has 2 nitrogen and oxygen atoms in total. The van der Waals surface area contributed by atoms with E-state index in [4.69, 9.17) is 4.55 Å². The average molecular weight is 166 g/mol. The van der Waals surface area contributed by atoms with Gasteiger partial charge in [0.25, 0.3) is 0 Å². The van der Waals surface area contributed by atoms with Crippen LogP contribution in [-0.2, 0) is 11.1 Å². The van der Waals surface area contributed by atoms with Crippen molar-refractivity contribution in [1.82, 2.24) is 0 Å². The fourth-order valence-electron chi connectivity index (χ4n) is 1.28. The van der Waals surface area contributed by atoms with Crippen LogP contribution >= 0.6 is 0 Å². The SMILES string of the molecule is O=S(O)C1CCCCC1F. The summed E-state index contributed by atoms with van der Waals surface area (Å²) < 4.78 is 31.8. The van der Waals surface area contributed by atoms with Gasteiger partial charge in [-0.3, -0.25) is 0 Å². The topological polar surface area (TPSA) is 37.3 Å².